The quantitative estimate of drug-likeness (QED) is 0.224. The van der Waals surface area contributed by atoms with E-state index in [1.165, 1.54) is 16.3 Å². The third-order valence-corrected chi connectivity index (χ3v) is 7.65. The van der Waals surface area contributed by atoms with Crippen molar-refractivity contribution in [1.29, 1.82) is 0 Å². The summed E-state index contributed by atoms with van der Waals surface area (Å²) in [5.41, 5.74) is 9.65. The zero-order valence-corrected chi connectivity index (χ0v) is 22.2. The third-order valence-electron chi connectivity index (χ3n) is 7.65. The van der Waals surface area contributed by atoms with E-state index >= 15 is 0 Å². The normalized spacial score (nSPS) is 11.4. The third kappa shape index (κ3) is 3.86. The van der Waals surface area contributed by atoms with Crippen molar-refractivity contribution in [3.8, 4) is 11.4 Å². The van der Waals surface area contributed by atoms with E-state index in [0.29, 0.717) is 0 Å². The summed E-state index contributed by atoms with van der Waals surface area (Å²) in [7, 11) is 0. The van der Waals surface area contributed by atoms with Crippen LogP contribution in [-0.4, -0.2) is 19.6 Å². The number of benzene rings is 6. The van der Waals surface area contributed by atoms with E-state index in [0.717, 1.165) is 45.0 Å². The van der Waals surface area contributed by atoms with Gasteiger partial charge in [0.15, 0.2) is 0 Å². The number of rotatable bonds is 5. The first kappa shape index (κ1) is 23.2. The predicted molar refractivity (Wildman–Crippen MR) is 168 cm³/mol. The van der Waals surface area contributed by atoms with E-state index in [9.17, 15) is 0 Å². The van der Waals surface area contributed by atoms with Crippen molar-refractivity contribution >= 4 is 49.9 Å². The van der Waals surface area contributed by atoms with Crippen LogP contribution in [0, 0.1) is 0 Å². The lowest BCUT2D eigenvalue weighted by molar-refractivity contribution is 0.823. The molecule has 0 atom stereocenters. The summed E-state index contributed by atoms with van der Waals surface area (Å²) in [5.74, 6) is 0. The molecule has 0 radical (unpaired) electrons. The number of aromatic nitrogens is 4. The van der Waals surface area contributed by atoms with E-state index in [4.69, 9.17) is 0 Å². The van der Waals surface area contributed by atoms with Gasteiger partial charge in [-0.1, -0.05) is 71.9 Å². The van der Waals surface area contributed by atoms with Crippen molar-refractivity contribution in [2.45, 2.75) is 0 Å². The molecular formula is C36H25N5. The summed E-state index contributed by atoms with van der Waals surface area (Å²) >= 11 is 0. The fourth-order valence-electron chi connectivity index (χ4n) is 5.78. The van der Waals surface area contributed by atoms with Crippen molar-refractivity contribution in [2.24, 2.45) is 0 Å². The van der Waals surface area contributed by atoms with Crippen molar-refractivity contribution in [3.63, 3.8) is 0 Å². The average Bonchev–Trinajstić information content (AvgIpc) is 3.62. The SMILES string of the molecule is c1ccc(N(c2ccccc2)c2ccc3c(c2)c2ccccc2n3-c2ccc(-n3nnc4ccccc43)cc2)cc1. The largest absolute Gasteiger partial charge is 0.310 e. The van der Waals surface area contributed by atoms with Crippen LogP contribution in [-0.2, 0) is 0 Å². The number of anilines is 3. The van der Waals surface area contributed by atoms with Gasteiger partial charge >= 0.3 is 0 Å². The number of hydrogen-bond acceptors (Lipinski definition) is 3. The van der Waals surface area contributed by atoms with Crippen LogP contribution in [0.5, 0.6) is 0 Å². The Morgan fingerprint density at radius 2 is 1.02 bits per heavy atom. The van der Waals surface area contributed by atoms with Crippen LogP contribution in [0.4, 0.5) is 17.1 Å². The van der Waals surface area contributed by atoms with Gasteiger partial charge in [0.2, 0.25) is 0 Å². The Labute approximate surface area is 237 Å². The van der Waals surface area contributed by atoms with Gasteiger partial charge in [-0.25, -0.2) is 4.68 Å². The van der Waals surface area contributed by atoms with E-state index in [1.54, 1.807) is 0 Å². The summed E-state index contributed by atoms with van der Waals surface area (Å²) in [6.45, 7) is 0. The molecule has 194 valence electrons. The predicted octanol–water partition coefficient (Wildman–Crippen LogP) is 8.99. The molecule has 0 amide bonds. The first-order valence-corrected chi connectivity index (χ1v) is 13.7. The molecule has 5 nitrogen and oxygen atoms in total. The summed E-state index contributed by atoms with van der Waals surface area (Å²) in [6, 6.07) is 53.0. The fourth-order valence-corrected chi connectivity index (χ4v) is 5.78. The Kier molecular flexibility index (Phi) is 5.38. The van der Waals surface area contributed by atoms with Gasteiger partial charge in [-0.15, -0.1) is 5.10 Å². The van der Waals surface area contributed by atoms with Gasteiger partial charge in [0.1, 0.15) is 5.52 Å². The average molecular weight is 528 g/mol. The van der Waals surface area contributed by atoms with Crippen LogP contribution in [0.15, 0.2) is 152 Å². The molecule has 0 spiro atoms. The maximum Gasteiger partial charge on any atom is 0.113 e. The Hall–Kier alpha value is -5.68. The maximum atomic E-state index is 4.39. The van der Waals surface area contributed by atoms with Crippen LogP contribution in [0.2, 0.25) is 0 Å². The molecule has 2 aromatic heterocycles. The number of nitrogens with zero attached hydrogens (tertiary/aromatic N) is 5. The van der Waals surface area contributed by atoms with Gasteiger partial charge in [-0.3, -0.25) is 0 Å². The molecule has 41 heavy (non-hydrogen) atoms. The molecule has 0 fully saturated rings. The lowest BCUT2D eigenvalue weighted by Gasteiger charge is -2.25. The highest BCUT2D eigenvalue weighted by Gasteiger charge is 2.17. The van der Waals surface area contributed by atoms with Crippen LogP contribution in [0.1, 0.15) is 0 Å². The van der Waals surface area contributed by atoms with E-state index in [2.05, 4.69) is 147 Å². The monoisotopic (exact) mass is 527 g/mol. The van der Waals surface area contributed by atoms with Crippen LogP contribution in [0.25, 0.3) is 44.2 Å². The molecule has 0 unspecified atom stereocenters. The lowest BCUT2D eigenvalue weighted by atomic mass is 10.1. The van der Waals surface area contributed by atoms with Crippen molar-refractivity contribution in [2.75, 3.05) is 4.90 Å². The van der Waals surface area contributed by atoms with Gasteiger partial charge < -0.3 is 9.47 Å². The topological polar surface area (TPSA) is 38.9 Å². The summed E-state index contributed by atoms with van der Waals surface area (Å²) in [5, 5.41) is 11.1. The molecule has 6 aromatic carbocycles. The molecular weight excluding hydrogens is 502 g/mol. The minimum atomic E-state index is 0.884. The van der Waals surface area contributed by atoms with Gasteiger partial charge in [-0.2, -0.15) is 0 Å². The summed E-state index contributed by atoms with van der Waals surface area (Å²) in [4.78, 5) is 2.31. The van der Waals surface area contributed by atoms with Gasteiger partial charge in [0.25, 0.3) is 0 Å². The van der Waals surface area contributed by atoms with Crippen molar-refractivity contribution in [3.05, 3.63) is 152 Å². The molecule has 0 bridgehead atoms. The second kappa shape index (κ2) is 9.50. The number of para-hydroxylation sites is 4. The molecule has 0 aliphatic heterocycles. The molecule has 0 N–H and O–H groups in total. The zero-order chi connectivity index (χ0) is 27.2. The Balaban J connectivity index is 1.28. The Morgan fingerprint density at radius 3 is 1.76 bits per heavy atom. The molecule has 8 aromatic rings. The van der Waals surface area contributed by atoms with Gasteiger partial charge in [-0.05, 0) is 84.9 Å². The Bertz CT molecular complexity index is 2100. The first-order valence-electron chi connectivity index (χ1n) is 13.7. The van der Waals surface area contributed by atoms with Gasteiger partial charge in [0, 0.05) is 33.5 Å². The number of fused-ring (bicyclic) bond motifs is 4. The molecule has 8 rings (SSSR count). The smallest absolute Gasteiger partial charge is 0.113 e. The van der Waals surface area contributed by atoms with Gasteiger partial charge in [0.05, 0.1) is 22.2 Å². The van der Waals surface area contributed by atoms with Crippen LogP contribution >= 0.6 is 0 Å². The molecule has 0 saturated carbocycles. The minimum Gasteiger partial charge on any atom is -0.310 e. The summed E-state index contributed by atoms with van der Waals surface area (Å²) < 4.78 is 4.23. The van der Waals surface area contributed by atoms with E-state index < -0.39 is 0 Å². The highest BCUT2D eigenvalue weighted by molar-refractivity contribution is 6.10. The minimum absolute atomic E-state index is 0.884. The second-order valence-corrected chi connectivity index (χ2v) is 10.1. The maximum absolute atomic E-state index is 4.39. The van der Waals surface area contributed by atoms with Crippen LogP contribution < -0.4 is 4.90 Å². The molecule has 5 heteroatoms. The highest BCUT2D eigenvalue weighted by Crippen LogP contribution is 2.39. The van der Waals surface area contributed by atoms with Crippen LogP contribution in [0.3, 0.4) is 0 Å². The summed E-state index contributed by atoms with van der Waals surface area (Å²) in [6.07, 6.45) is 0. The van der Waals surface area contributed by atoms with Crippen molar-refractivity contribution < 1.29 is 0 Å². The number of hydrogen-bond donors (Lipinski definition) is 0. The van der Waals surface area contributed by atoms with E-state index in [-0.39, 0.29) is 0 Å². The van der Waals surface area contributed by atoms with E-state index in [1.807, 2.05) is 28.9 Å². The molecule has 2 heterocycles. The second-order valence-electron chi connectivity index (χ2n) is 10.1. The standard InChI is InChI=1S/C36H25N5/c1-3-11-26(12-4-1)39(27-13-5-2-6-14-27)30-23-24-35-32(25-30)31-15-7-9-17-34(31)40(35)28-19-21-29(22-20-28)41-36-18-10-8-16-33(36)37-38-41/h1-25H. The molecule has 0 saturated heterocycles. The first-order chi connectivity index (χ1) is 20.3. The zero-order valence-electron chi connectivity index (χ0n) is 22.2. The molecule has 0 aliphatic carbocycles. The molecule has 0 aliphatic rings. The Morgan fingerprint density at radius 1 is 0.439 bits per heavy atom. The fraction of sp³-hybridized carbons (Fsp3) is 0. The lowest BCUT2D eigenvalue weighted by Crippen LogP contribution is -2.09. The highest BCUT2D eigenvalue weighted by atomic mass is 15.4. The van der Waals surface area contributed by atoms with Crippen molar-refractivity contribution in [1.82, 2.24) is 19.6 Å².